The molecule has 1 amide bonds. The zero-order chi connectivity index (χ0) is 22.9. The molecule has 1 aliphatic rings. The second-order valence-corrected chi connectivity index (χ2v) is 10.6. The number of carbonyl (C=O) groups is 1. The van der Waals surface area contributed by atoms with Crippen molar-refractivity contribution in [1.82, 2.24) is 13.9 Å². The third-order valence-electron chi connectivity index (χ3n) is 5.68. The standard InChI is InChI=1S/C23H26N4O3S2/c1-4-10-27-16(2)13-20(17(27)3)21-15-31-23(24-21)25-22(28)18-8-7-9-19(14-18)32(29,30)26-11-5-6-12-26/h4,7-9,13-15H,1,5-6,10-12H2,2-3H3,(H,24,25,28). The van der Waals surface area contributed by atoms with E-state index in [9.17, 15) is 13.2 Å². The van der Waals surface area contributed by atoms with Crippen LogP contribution in [0.3, 0.4) is 0 Å². The molecule has 0 saturated carbocycles. The number of aromatic nitrogens is 2. The molecule has 0 atom stereocenters. The predicted octanol–water partition coefficient (Wildman–Crippen LogP) is 4.45. The van der Waals surface area contributed by atoms with Gasteiger partial charge < -0.3 is 4.57 Å². The van der Waals surface area contributed by atoms with Crippen LogP contribution in [-0.2, 0) is 16.6 Å². The molecule has 1 saturated heterocycles. The number of anilines is 1. The Morgan fingerprint density at radius 2 is 2.00 bits per heavy atom. The number of aryl methyl sites for hydroxylation is 1. The maximum atomic E-state index is 12.8. The average Bonchev–Trinajstić information content (AvgIpc) is 3.52. The molecule has 1 aromatic carbocycles. The predicted molar refractivity (Wildman–Crippen MR) is 128 cm³/mol. The van der Waals surface area contributed by atoms with Crippen LogP contribution in [0.25, 0.3) is 11.3 Å². The Balaban J connectivity index is 1.53. The minimum atomic E-state index is -3.58. The lowest BCUT2D eigenvalue weighted by atomic mass is 10.2. The van der Waals surface area contributed by atoms with Crippen molar-refractivity contribution in [2.24, 2.45) is 0 Å². The van der Waals surface area contributed by atoms with Gasteiger partial charge in [-0.15, -0.1) is 17.9 Å². The van der Waals surface area contributed by atoms with E-state index < -0.39 is 10.0 Å². The number of benzene rings is 1. The molecule has 7 nitrogen and oxygen atoms in total. The molecule has 0 spiro atoms. The van der Waals surface area contributed by atoms with Gasteiger partial charge in [0, 0.05) is 47.5 Å². The highest BCUT2D eigenvalue weighted by Gasteiger charge is 2.27. The fourth-order valence-corrected chi connectivity index (χ4v) is 6.24. The van der Waals surface area contributed by atoms with E-state index in [0.29, 0.717) is 18.2 Å². The highest BCUT2D eigenvalue weighted by Crippen LogP contribution is 2.30. The fourth-order valence-electron chi connectivity index (χ4n) is 3.97. The minimum absolute atomic E-state index is 0.140. The van der Waals surface area contributed by atoms with E-state index in [1.165, 1.54) is 27.8 Å². The monoisotopic (exact) mass is 470 g/mol. The lowest BCUT2D eigenvalue weighted by molar-refractivity contribution is 0.102. The third-order valence-corrected chi connectivity index (χ3v) is 8.34. The van der Waals surface area contributed by atoms with Gasteiger partial charge in [0.05, 0.1) is 10.6 Å². The number of carbonyl (C=O) groups excluding carboxylic acids is 1. The van der Waals surface area contributed by atoms with E-state index in [2.05, 4.69) is 27.5 Å². The zero-order valence-electron chi connectivity index (χ0n) is 18.2. The highest BCUT2D eigenvalue weighted by molar-refractivity contribution is 7.89. The van der Waals surface area contributed by atoms with Crippen LogP contribution < -0.4 is 5.32 Å². The summed E-state index contributed by atoms with van der Waals surface area (Å²) >= 11 is 1.34. The van der Waals surface area contributed by atoms with Crippen LogP contribution in [0, 0.1) is 13.8 Å². The molecule has 0 bridgehead atoms. The first-order chi connectivity index (χ1) is 15.3. The van der Waals surface area contributed by atoms with Gasteiger partial charge in [0.2, 0.25) is 10.0 Å². The normalized spacial score (nSPS) is 14.6. The lowest BCUT2D eigenvalue weighted by Gasteiger charge is -2.15. The van der Waals surface area contributed by atoms with Gasteiger partial charge in [-0.3, -0.25) is 10.1 Å². The summed E-state index contributed by atoms with van der Waals surface area (Å²) in [6, 6.07) is 8.24. The molecular formula is C23H26N4O3S2. The van der Waals surface area contributed by atoms with Crippen LogP contribution >= 0.6 is 11.3 Å². The average molecular weight is 471 g/mol. The van der Waals surface area contributed by atoms with Crippen molar-refractivity contribution in [3.63, 3.8) is 0 Å². The van der Waals surface area contributed by atoms with Gasteiger partial charge in [-0.1, -0.05) is 12.1 Å². The largest absolute Gasteiger partial charge is 0.345 e. The first kappa shape index (κ1) is 22.4. The molecule has 1 aliphatic heterocycles. The molecule has 2 aromatic heterocycles. The van der Waals surface area contributed by atoms with Crippen molar-refractivity contribution in [2.45, 2.75) is 38.1 Å². The van der Waals surface area contributed by atoms with Crippen LogP contribution in [0.5, 0.6) is 0 Å². The van der Waals surface area contributed by atoms with Crippen molar-refractivity contribution in [3.8, 4) is 11.3 Å². The second-order valence-electron chi connectivity index (χ2n) is 7.82. The summed E-state index contributed by atoms with van der Waals surface area (Å²) in [6.45, 7) is 9.65. The molecular weight excluding hydrogens is 444 g/mol. The summed E-state index contributed by atoms with van der Waals surface area (Å²) in [5, 5.41) is 5.17. The Morgan fingerprint density at radius 1 is 1.25 bits per heavy atom. The number of nitrogens with zero attached hydrogens (tertiary/aromatic N) is 3. The summed E-state index contributed by atoms with van der Waals surface area (Å²) in [7, 11) is -3.58. The van der Waals surface area contributed by atoms with Gasteiger partial charge >= 0.3 is 0 Å². The number of allylic oxidation sites excluding steroid dienone is 1. The van der Waals surface area contributed by atoms with Crippen LogP contribution in [0.2, 0.25) is 0 Å². The van der Waals surface area contributed by atoms with Crippen molar-refractivity contribution in [2.75, 3.05) is 18.4 Å². The molecule has 1 N–H and O–H groups in total. The molecule has 9 heteroatoms. The van der Waals surface area contributed by atoms with Crippen LogP contribution in [-0.4, -0.2) is 41.3 Å². The van der Waals surface area contributed by atoms with Gasteiger partial charge in [0.15, 0.2) is 5.13 Å². The van der Waals surface area contributed by atoms with E-state index in [0.717, 1.165) is 42.0 Å². The Hall–Kier alpha value is -2.75. The Labute approximate surface area is 192 Å². The summed E-state index contributed by atoms with van der Waals surface area (Å²) in [4.78, 5) is 17.5. The minimum Gasteiger partial charge on any atom is -0.345 e. The third kappa shape index (κ3) is 4.28. The SMILES string of the molecule is C=CCn1c(C)cc(-c2csc(NC(=O)c3cccc(S(=O)(=O)N4CCCC4)c3)n2)c1C. The van der Waals surface area contributed by atoms with Crippen LogP contribution in [0.1, 0.15) is 34.6 Å². The van der Waals surface area contributed by atoms with Gasteiger partial charge in [0.25, 0.3) is 5.91 Å². The van der Waals surface area contributed by atoms with Gasteiger partial charge in [0.1, 0.15) is 0 Å². The van der Waals surface area contributed by atoms with Gasteiger partial charge in [-0.25, -0.2) is 13.4 Å². The number of rotatable bonds is 7. The maximum Gasteiger partial charge on any atom is 0.257 e. The second kappa shape index (κ2) is 9.01. The molecule has 4 rings (SSSR count). The molecule has 1 fully saturated rings. The Kier molecular flexibility index (Phi) is 6.32. The molecule has 3 aromatic rings. The van der Waals surface area contributed by atoms with Gasteiger partial charge in [-0.05, 0) is 51.0 Å². The molecule has 3 heterocycles. The van der Waals surface area contributed by atoms with Crippen LogP contribution in [0.15, 0.2) is 53.3 Å². The van der Waals surface area contributed by atoms with Crippen molar-refractivity contribution < 1.29 is 13.2 Å². The Bertz CT molecular complexity index is 1270. The summed E-state index contributed by atoms with van der Waals surface area (Å²) in [5.41, 5.74) is 4.29. The summed E-state index contributed by atoms with van der Waals surface area (Å²) in [5.74, 6) is -0.387. The summed E-state index contributed by atoms with van der Waals surface area (Å²) in [6.07, 6.45) is 3.58. The maximum absolute atomic E-state index is 12.8. The van der Waals surface area contributed by atoms with E-state index in [-0.39, 0.29) is 16.4 Å². The first-order valence-electron chi connectivity index (χ1n) is 10.5. The first-order valence-corrected chi connectivity index (χ1v) is 12.8. The van der Waals surface area contributed by atoms with E-state index >= 15 is 0 Å². The number of hydrogen-bond donors (Lipinski definition) is 1. The molecule has 0 radical (unpaired) electrons. The zero-order valence-corrected chi connectivity index (χ0v) is 19.8. The smallest absolute Gasteiger partial charge is 0.257 e. The molecule has 0 unspecified atom stereocenters. The summed E-state index contributed by atoms with van der Waals surface area (Å²) < 4.78 is 29.3. The number of hydrogen-bond acceptors (Lipinski definition) is 5. The van der Waals surface area contributed by atoms with E-state index in [1.54, 1.807) is 12.1 Å². The topological polar surface area (TPSA) is 84.3 Å². The highest BCUT2D eigenvalue weighted by atomic mass is 32.2. The lowest BCUT2D eigenvalue weighted by Crippen LogP contribution is -2.28. The quantitative estimate of drug-likeness (QED) is 0.517. The van der Waals surface area contributed by atoms with Gasteiger partial charge in [-0.2, -0.15) is 4.31 Å². The van der Waals surface area contributed by atoms with Crippen LogP contribution in [0.4, 0.5) is 5.13 Å². The molecule has 0 aliphatic carbocycles. The number of amides is 1. The number of sulfonamides is 1. The fraction of sp³-hybridized carbons (Fsp3) is 0.304. The van der Waals surface area contributed by atoms with Crippen molar-refractivity contribution >= 4 is 32.4 Å². The Morgan fingerprint density at radius 3 is 2.72 bits per heavy atom. The number of thiazole rings is 1. The van der Waals surface area contributed by atoms with E-state index in [1.807, 2.05) is 25.3 Å². The van der Waals surface area contributed by atoms with E-state index in [4.69, 9.17) is 0 Å². The number of nitrogens with one attached hydrogen (secondary N) is 1. The van der Waals surface area contributed by atoms with Crippen molar-refractivity contribution in [1.29, 1.82) is 0 Å². The van der Waals surface area contributed by atoms with Crippen molar-refractivity contribution in [3.05, 3.63) is 65.3 Å². The molecule has 168 valence electrons. The molecule has 32 heavy (non-hydrogen) atoms.